The van der Waals surface area contributed by atoms with Gasteiger partial charge in [0.05, 0.1) is 6.04 Å². The van der Waals surface area contributed by atoms with E-state index in [1.807, 2.05) is 37.3 Å². The summed E-state index contributed by atoms with van der Waals surface area (Å²) in [4.78, 5) is 19.3. The zero-order chi connectivity index (χ0) is 13.7. The highest BCUT2D eigenvalue weighted by Crippen LogP contribution is 2.22. The Morgan fingerprint density at radius 1 is 1.42 bits per heavy atom. The molecular weight excluding hydrogens is 262 g/mol. The number of rotatable bonds is 5. The molecule has 1 heterocycles. The first kappa shape index (κ1) is 13.6. The number of nitrogens with zero attached hydrogens (tertiary/aromatic N) is 1. The zero-order valence-electron chi connectivity index (χ0n) is 10.6. The Morgan fingerprint density at radius 3 is 2.74 bits per heavy atom. The van der Waals surface area contributed by atoms with Crippen molar-refractivity contribution >= 4 is 17.5 Å². The molecule has 0 aliphatic rings. The molecule has 0 saturated carbocycles. The van der Waals surface area contributed by atoms with Crippen molar-refractivity contribution < 1.29 is 4.79 Å². The second-order valence-corrected chi connectivity index (χ2v) is 4.65. The average Bonchev–Trinajstić information content (AvgIpc) is 2.98. The van der Waals surface area contributed by atoms with E-state index in [0.29, 0.717) is 0 Å². The highest BCUT2D eigenvalue weighted by Gasteiger charge is 2.21. The predicted molar refractivity (Wildman–Crippen MR) is 74.8 cm³/mol. The lowest BCUT2D eigenvalue weighted by molar-refractivity contribution is -0.121. The first-order valence-corrected chi connectivity index (χ1v) is 6.64. The van der Waals surface area contributed by atoms with Crippen LogP contribution in [0.4, 0.5) is 0 Å². The molecule has 0 aliphatic heterocycles. The number of aromatic amines is 1. The van der Waals surface area contributed by atoms with Crippen LogP contribution in [0, 0.1) is 0 Å². The lowest BCUT2D eigenvalue weighted by Crippen LogP contribution is -2.31. The number of imidazole rings is 1. The maximum atomic E-state index is 12.1. The van der Waals surface area contributed by atoms with Crippen molar-refractivity contribution in [2.45, 2.75) is 24.8 Å². The van der Waals surface area contributed by atoms with E-state index in [2.05, 4.69) is 15.3 Å². The molecule has 0 bridgehead atoms. The van der Waals surface area contributed by atoms with Gasteiger partial charge in [0.15, 0.2) is 0 Å². The number of hydrogen-bond acceptors (Lipinski definition) is 2. The Hall–Kier alpha value is -1.81. The molecule has 4 nitrogen and oxygen atoms in total. The van der Waals surface area contributed by atoms with E-state index in [9.17, 15) is 4.79 Å². The monoisotopic (exact) mass is 277 g/mol. The molecule has 5 heteroatoms. The van der Waals surface area contributed by atoms with Gasteiger partial charge in [0.25, 0.3) is 0 Å². The van der Waals surface area contributed by atoms with E-state index in [-0.39, 0.29) is 11.9 Å². The van der Waals surface area contributed by atoms with Crippen LogP contribution < -0.4 is 5.32 Å². The third-order valence-corrected chi connectivity index (χ3v) is 3.35. The molecule has 0 spiro atoms. The Kier molecular flexibility index (Phi) is 4.58. The van der Waals surface area contributed by atoms with Gasteiger partial charge in [0, 0.05) is 12.4 Å². The summed E-state index contributed by atoms with van der Waals surface area (Å²) in [5.74, 6) is 0.531. The number of benzene rings is 1. The summed E-state index contributed by atoms with van der Waals surface area (Å²) in [6.07, 6.45) is 4.15. The van der Waals surface area contributed by atoms with Gasteiger partial charge in [-0.3, -0.25) is 4.79 Å². The number of H-pyrrole nitrogens is 1. The quantitative estimate of drug-likeness (QED) is 0.826. The summed E-state index contributed by atoms with van der Waals surface area (Å²) in [7, 11) is 0. The highest BCUT2D eigenvalue weighted by atomic mass is 35.5. The Bertz CT molecular complexity index is 513. The van der Waals surface area contributed by atoms with E-state index < -0.39 is 5.38 Å². The summed E-state index contributed by atoms with van der Waals surface area (Å²) >= 11 is 6.18. The molecule has 2 rings (SSSR count). The first-order valence-electron chi connectivity index (χ1n) is 6.21. The summed E-state index contributed by atoms with van der Waals surface area (Å²) < 4.78 is 0. The van der Waals surface area contributed by atoms with Crippen LogP contribution in [0.25, 0.3) is 0 Å². The second-order valence-electron chi connectivity index (χ2n) is 4.22. The third-order valence-electron chi connectivity index (χ3n) is 2.90. The van der Waals surface area contributed by atoms with Crippen LogP contribution in [-0.2, 0) is 4.79 Å². The van der Waals surface area contributed by atoms with Gasteiger partial charge in [-0.25, -0.2) is 4.98 Å². The minimum atomic E-state index is -0.690. The zero-order valence-corrected chi connectivity index (χ0v) is 11.4. The maximum absolute atomic E-state index is 12.1. The van der Waals surface area contributed by atoms with Crippen LogP contribution in [0.15, 0.2) is 42.7 Å². The molecule has 2 unspecified atom stereocenters. The molecule has 100 valence electrons. The predicted octanol–water partition coefficient (Wildman–Crippen LogP) is 2.96. The van der Waals surface area contributed by atoms with Crippen LogP contribution in [0.1, 0.15) is 36.2 Å². The van der Waals surface area contributed by atoms with Crippen LogP contribution in [0.2, 0.25) is 0 Å². The molecule has 1 aromatic carbocycles. The van der Waals surface area contributed by atoms with Crippen LogP contribution in [0.3, 0.4) is 0 Å². The molecule has 1 amide bonds. The molecule has 2 aromatic rings. The standard InChI is InChI=1S/C14H16ClN3O/c1-2-11(13-16-8-9-17-13)18-14(19)12(15)10-6-4-3-5-7-10/h3-9,11-12H,2H2,1H3,(H,16,17)(H,18,19). The lowest BCUT2D eigenvalue weighted by atomic mass is 10.1. The van der Waals surface area contributed by atoms with E-state index in [1.165, 1.54) is 0 Å². The average molecular weight is 278 g/mol. The van der Waals surface area contributed by atoms with E-state index in [1.54, 1.807) is 12.4 Å². The van der Waals surface area contributed by atoms with Crippen molar-refractivity contribution in [3.63, 3.8) is 0 Å². The summed E-state index contributed by atoms with van der Waals surface area (Å²) in [6.45, 7) is 1.99. The summed E-state index contributed by atoms with van der Waals surface area (Å²) in [5, 5.41) is 2.21. The molecule has 0 saturated heterocycles. The van der Waals surface area contributed by atoms with Gasteiger partial charge in [-0.05, 0) is 12.0 Å². The van der Waals surface area contributed by atoms with Gasteiger partial charge in [0.1, 0.15) is 11.2 Å². The summed E-state index contributed by atoms with van der Waals surface area (Å²) in [5.41, 5.74) is 0.788. The Balaban J connectivity index is 2.04. The lowest BCUT2D eigenvalue weighted by Gasteiger charge is -2.17. The van der Waals surface area contributed by atoms with Crippen LogP contribution >= 0.6 is 11.6 Å². The van der Waals surface area contributed by atoms with Crippen LogP contribution in [-0.4, -0.2) is 15.9 Å². The number of amides is 1. The fourth-order valence-electron chi connectivity index (χ4n) is 1.85. The van der Waals surface area contributed by atoms with Crippen molar-refractivity contribution in [2.75, 3.05) is 0 Å². The number of aromatic nitrogens is 2. The maximum Gasteiger partial charge on any atom is 0.243 e. The van der Waals surface area contributed by atoms with Crippen LogP contribution in [0.5, 0.6) is 0 Å². The number of carbonyl (C=O) groups is 1. The van der Waals surface area contributed by atoms with E-state index >= 15 is 0 Å². The second kappa shape index (κ2) is 6.38. The Labute approximate surface area is 117 Å². The van der Waals surface area contributed by atoms with Gasteiger partial charge in [-0.1, -0.05) is 37.3 Å². The first-order chi connectivity index (χ1) is 9.22. The van der Waals surface area contributed by atoms with Gasteiger partial charge < -0.3 is 10.3 Å². The number of alkyl halides is 1. The normalized spacial score (nSPS) is 13.8. The fourth-order valence-corrected chi connectivity index (χ4v) is 2.06. The molecule has 0 radical (unpaired) electrons. The topological polar surface area (TPSA) is 57.8 Å². The molecule has 0 fully saturated rings. The van der Waals surface area contributed by atoms with Gasteiger partial charge in [-0.15, -0.1) is 11.6 Å². The molecular formula is C14H16ClN3O. The minimum absolute atomic E-state index is 0.146. The SMILES string of the molecule is CCC(NC(=O)C(Cl)c1ccccc1)c1ncc[nH]1. The van der Waals surface area contributed by atoms with Gasteiger partial charge in [0.2, 0.25) is 5.91 Å². The van der Waals surface area contributed by atoms with E-state index in [0.717, 1.165) is 17.8 Å². The largest absolute Gasteiger partial charge is 0.347 e. The van der Waals surface area contributed by atoms with Crippen molar-refractivity contribution in [3.05, 3.63) is 54.1 Å². The number of nitrogens with one attached hydrogen (secondary N) is 2. The molecule has 19 heavy (non-hydrogen) atoms. The Morgan fingerprint density at radius 2 is 2.16 bits per heavy atom. The smallest absolute Gasteiger partial charge is 0.243 e. The molecule has 0 aliphatic carbocycles. The number of carbonyl (C=O) groups excluding carboxylic acids is 1. The van der Waals surface area contributed by atoms with Crippen molar-refractivity contribution in [3.8, 4) is 0 Å². The van der Waals surface area contributed by atoms with Crippen molar-refractivity contribution in [2.24, 2.45) is 0 Å². The third kappa shape index (κ3) is 3.35. The fraction of sp³-hybridized carbons (Fsp3) is 0.286. The molecule has 2 N–H and O–H groups in total. The number of hydrogen-bond donors (Lipinski definition) is 2. The molecule has 2 atom stereocenters. The minimum Gasteiger partial charge on any atom is -0.347 e. The summed E-state index contributed by atoms with van der Waals surface area (Å²) in [6, 6.07) is 9.15. The highest BCUT2D eigenvalue weighted by molar-refractivity contribution is 6.30. The van der Waals surface area contributed by atoms with Gasteiger partial charge in [-0.2, -0.15) is 0 Å². The van der Waals surface area contributed by atoms with Gasteiger partial charge >= 0.3 is 0 Å². The number of halogens is 1. The molecule has 1 aromatic heterocycles. The van der Waals surface area contributed by atoms with E-state index in [4.69, 9.17) is 11.6 Å². The van der Waals surface area contributed by atoms with Crippen molar-refractivity contribution in [1.29, 1.82) is 0 Å². The van der Waals surface area contributed by atoms with Crippen molar-refractivity contribution in [1.82, 2.24) is 15.3 Å².